The summed E-state index contributed by atoms with van der Waals surface area (Å²) in [6.45, 7) is 3.21. The van der Waals surface area contributed by atoms with Gasteiger partial charge in [-0.15, -0.1) is 0 Å². The number of carboxylic acid groups (broad SMARTS) is 1. The summed E-state index contributed by atoms with van der Waals surface area (Å²) in [5.41, 5.74) is 1.11. The molecule has 0 atom stereocenters. The Labute approximate surface area is 106 Å². The lowest BCUT2D eigenvalue weighted by atomic mass is 9.94. The second-order valence-corrected chi connectivity index (χ2v) is 5.06. The van der Waals surface area contributed by atoms with Crippen molar-refractivity contribution in [3.05, 3.63) is 23.3 Å². The zero-order valence-corrected chi connectivity index (χ0v) is 10.4. The molecule has 0 unspecified atom stereocenters. The molecular weight excluding hydrogens is 232 g/mol. The number of aliphatic carboxylic acids is 1. The lowest BCUT2D eigenvalue weighted by Crippen LogP contribution is -2.19. The van der Waals surface area contributed by atoms with E-state index in [-0.39, 0.29) is 0 Å². The number of carboxylic acids is 1. The van der Waals surface area contributed by atoms with Crippen molar-refractivity contribution in [2.75, 3.05) is 13.2 Å². The van der Waals surface area contributed by atoms with Crippen LogP contribution in [-0.2, 0) is 10.2 Å². The zero-order chi connectivity index (χ0) is 12.8. The molecule has 1 aliphatic carbocycles. The topological polar surface area (TPSA) is 55.8 Å². The highest BCUT2D eigenvalue weighted by molar-refractivity contribution is 5.85. The number of ether oxygens (including phenoxy) is 2. The molecular formula is C14H16O4. The van der Waals surface area contributed by atoms with Gasteiger partial charge in [0, 0.05) is 6.42 Å². The monoisotopic (exact) mass is 248 g/mol. The van der Waals surface area contributed by atoms with Crippen LogP contribution >= 0.6 is 0 Å². The number of carbonyl (C=O) groups is 1. The van der Waals surface area contributed by atoms with E-state index in [0.29, 0.717) is 31.8 Å². The summed E-state index contributed by atoms with van der Waals surface area (Å²) in [6, 6.07) is 3.77. The average Bonchev–Trinajstić information content (AvgIpc) is 3.13. The van der Waals surface area contributed by atoms with Crippen LogP contribution in [0.5, 0.6) is 11.5 Å². The number of hydrogen-bond donors (Lipinski definition) is 1. The van der Waals surface area contributed by atoms with Gasteiger partial charge < -0.3 is 14.6 Å². The van der Waals surface area contributed by atoms with Crippen molar-refractivity contribution in [1.82, 2.24) is 0 Å². The first-order valence-corrected chi connectivity index (χ1v) is 6.28. The molecule has 1 fully saturated rings. The van der Waals surface area contributed by atoms with Gasteiger partial charge in [0.2, 0.25) is 0 Å². The fraction of sp³-hybridized carbons (Fsp3) is 0.500. The van der Waals surface area contributed by atoms with E-state index in [2.05, 4.69) is 0 Å². The lowest BCUT2D eigenvalue weighted by molar-refractivity contribution is -0.140. The van der Waals surface area contributed by atoms with Gasteiger partial charge in [-0.2, -0.15) is 0 Å². The van der Waals surface area contributed by atoms with Gasteiger partial charge in [-0.3, -0.25) is 4.79 Å². The Balaban J connectivity index is 2.06. The SMILES string of the molecule is Cc1cc(C2(C(=O)O)CC2)cc2c1OCCCO2. The summed E-state index contributed by atoms with van der Waals surface area (Å²) in [5.74, 6) is 0.712. The third kappa shape index (κ3) is 1.64. The first-order valence-electron chi connectivity index (χ1n) is 6.28. The van der Waals surface area contributed by atoms with E-state index in [4.69, 9.17) is 9.47 Å². The molecule has 96 valence electrons. The molecule has 1 aliphatic heterocycles. The molecule has 0 bridgehead atoms. The second-order valence-electron chi connectivity index (χ2n) is 5.06. The van der Waals surface area contributed by atoms with Crippen LogP contribution in [0.2, 0.25) is 0 Å². The maximum absolute atomic E-state index is 11.4. The Morgan fingerprint density at radius 3 is 2.67 bits per heavy atom. The molecule has 0 amide bonds. The fourth-order valence-corrected chi connectivity index (χ4v) is 2.48. The molecule has 2 aliphatic rings. The van der Waals surface area contributed by atoms with Crippen molar-refractivity contribution in [2.24, 2.45) is 0 Å². The molecule has 4 nitrogen and oxygen atoms in total. The summed E-state index contributed by atoms with van der Waals surface area (Å²) in [7, 11) is 0. The molecule has 0 spiro atoms. The molecule has 18 heavy (non-hydrogen) atoms. The van der Waals surface area contributed by atoms with Gasteiger partial charge >= 0.3 is 5.97 Å². The Bertz CT molecular complexity index is 503. The van der Waals surface area contributed by atoms with Crippen LogP contribution in [0.15, 0.2) is 12.1 Å². The molecule has 1 saturated carbocycles. The van der Waals surface area contributed by atoms with E-state index >= 15 is 0 Å². The minimum absolute atomic E-state index is 0.621. The summed E-state index contributed by atoms with van der Waals surface area (Å²) in [5, 5.41) is 9.34. The van der Waals surface area contributed by atoms with E-state index < -0.39 is 11.4 Å². The van der Waals surface area contributed by atoms with Crippen molar-refractivity contribution < 1.29 is 19.4 Å². The molecule has 1 aromatic rings. The van der Waals surface area contributed by atoms with Gasteiger partial charge in [0.1, 0.15) is 0 Å². The van der Waals surface area contributed by atoms with E-state index in [1.807, 2.05) is 19.1 Å². The summed E-state index contributed by atoms with van der Waals surface area (Å²) >= 11 is 0. The molecule has 1 N–H and O–H groups in total. The first kappa shape index (κ1) is 11.4. The Morgan fingerprint density at radius 1 is 1.28 bits per heavy atom. The minimum atomic E-state index is -0.739. The summed E-state index contributed by atoms with van der Waals surface area (Å²) in [4.78, 5) is 11.4. The molecule has 0 radical (unpaired) electrons. The second kappa shape index (κ2) is 3.90. The number of rotatable bonds is 2. The normalized spacial score (nSPS) is 20.1. The molecule has 4 heteroatoms. The maximum Gasteiger partial charge on any atom is 0.314 e. The van der Waals surface area contributed by atoms with Crippen molar-refractivity contribution in [1.29, 1.82) is 0 Å². The summed E-state index contributed by atoms with van der Waals surface area (Å²) in [6.07, 6.45) is 2.27. The smallest absolute Gasteiger partial charge is 0.314 e. The highest BCUT2D eigenvalue weighted by Crippen LogP contribution is 2.51. The van der Waals surface area contributed by atoms with Crippen molar-refractivity contribution >= 4 is 5.97 Å². The minimum Gasteiger partial charge on any atom is -0.490 e. The third-order valence-corrected chi connectivity index (χ3v) is 3.75. The summed E-state index contributed by atoms with van der Waals surface area (Å²) < 4.78 is 11.3. The largest absolute Gasteiger partial charge is 0.490 e. The van der Waals surface area contributed by atoms with Gasteiger partial charge in [-0.05, 0) is 37.0 Å². The Hall–Kier alpha value is -1.71. The number of hydrogen-bond acceptors (Lipinski definition) is 3. The number of fused-ring (bicyclic) bond motifs is 1. The Kier molecular flexibility index (Phi) is 2.47. The van der Waals surface area contributed by atoms with Gasteiger partial charge in [-0.25, -0.2) is 0 Å². The van der Waals surface area contributed by atoms with Crippen molar-refractivity contribution in [2.45, 2.75) is 31.6 Å². The fourth-order valence-electron chi connectivity index (χ4n) is 2.48. The van der Waals surface area contributed by atoms with E-state index in [1.165, 1.54) is 0 Å². The highest BCUT2D eigenvalue weighted by atomic mass is 16.5. The van der Waals surface area contributed by atoms with Gasteiger partial charge in [0.25, 0.3) is 0 Å². The molecule has 0 aromatic heterocycles. The van der Waals surface area contributed by atoms with E-state index in [9.17, 15) is 9.90 Å². The Morgan fingerprint density at radius 2 is 2.00 bits per heavy atom. The van der Waals surface area contributed by atoms with Crippen molar-refractivity contribution in [3.8, 4) is 11.5 Å². The standard InChI is InChI=1S/C14H16O4/c1-9-7-10(14(3-4-14)13(15)16)8-11-12(9)18-6-2-5-17-11/h7-8H,2-6H2,1H3,(H,15,16). The number of benzene rings is 1. The maximum atomic E-state index is 11.4. The molecule has 0 saturated heterocycles. The van der Waals surface area contributed by atoms with Gasteiger partial charge in [0.05, 0.1) is 18.6 Å². The number of aryl methyl sites for hydroxylation is 1. The van der Waals surface area contributed by atoms with E-state index in [0.717, 1.165) is 23.3 Å². The predicted molar refractivity (Wildman–Crippen MR) is 65.3 cm³/mol. The highest BCUT2D eigenvalue weighted by Gasteiger charge is 2.52. The average molecular weight is 248 g/mol. The van der Waals surface area contributed by atoms with Crippen molar-refractivity contribution in [3.63, 3.8) is 0 Å². The van der Waals surface area contributed by atoms with Gasteiger partial charge in [0.15, 0.2) is 11.5 Å². The van der Waals surface area contributed by atoms with Crippen LogP contribution in [0.3, 0.4) is 0 Å². The van der Waals surface area contributed by atoms with Gasteiger partial charge in [-0.1, -0.05) is 6.07 Å². The lowest BCUT2D eigenvalue weighted by Gasteiger charge is -2.16. The molecule has 1 aromatic carbocycles. The predicted octanol–water partition coefficient (Wildman–Crippen LogP) is 2.27. The van der Waals surface area contributed by atoms with Crippen LogP contribution in [0.4, 0.5) is 0 Å². The van der Waals surface area contributed by atoms with Crippen LogP contribution in [0.1, 0.15) is 30.4 Å². The van der Waals surface area contributed by atoms with Crippen LogP contribution in [-0.4, -0.2) is 24.3 Å². The third-order valence-electron chi connectivity index (χ3n) is 3.75. The molecule has 1 heterocycles. The molecule has 3 rings (SSSR count). The quantitative estimate of drug-likeness (QED) is 0.872. The zero-order valence-electron chi connectivity index (χ0n) is 10.4. The van der Waals surface area contributed by atoms with Crippen LogP contribution in [0, 0.1) is 6.92 Å². The first-order chi connectivity index (χ1) is 8.63. The van der Waals surface area contributed by atoms with Crippen LogP contribution < -0.4 is 9.47 Å². The van der Waals surface area contributed by atoms with Crippen LogP contribution in [0.25, 0.3) is 0 Å². The van der Waals surface area contributed by atoms with E-state index in [1.54, 1.807) is 0 Å².